The molecule has 6 unspecified atom stereocenters. The normalized spacial score (nSPS) is 38.6. The lowest BCUT2D eigenvalue weighted by molar-refractivity contribution is -0.336. The molecule has 6 atom stereocenters. The Kier molecular flexibility index (Phi) is 3.79. The van der Waals surface area contributed by atoms with E-state index in [1.807, 2.05) is 0 Å². The number of Topliss-reactive ketones (excluding diaryl/α,β-unsaturated/α-hetero) is 2. The maximum absolute atomic E-state index is 13.5. The van der Waals surface area contributed by atoms with Gasteiger partial charge in [0.2, 0.25) is 5.79 Å². The second-order valence-electron chi connectivity index (χ2n) is 7.76. The van der Waals surface area contributed by atoms with Crippen LogP contribution in [0.15, 0.2) is 29.3 Å². The summed E-state index contributed by atoms with van der Waals surface area (Å²) in [5, 5.41) is 31.5. The fraction of sp³-hybridized carbons (Fsp3) is 0.450. The lowest BCUT2D eigenvalue weighted by atomic mass is 9.73. The molecule has 1 aromatic rings. The molecule has 1 aliphatic carbocycles. The predicted octanol–water partition coefficient (Wildman–Crippen LogP) is 0.00900. The van der Waals surface area contributed by atoms with Crippen LogP contribution >= 0.6 is 0 Å². The number of ketones is 2. The molecule has 4 aliphatic rings. The van der Waals surface area contributed by atoms with Crippen molar-refractivity contribution in [3.8, 4) is 5.75 Å². The molecule has 2 saturated heterocycles. The second kappa shape index (κ2) is 5.96. The predicted molar refractivity (Wildman–Crippen MR) is 93.1 cm³/mol. The molecule has 0 bridgehead atoms. The number of ether oxygens (including phenoxy) is 3. The molecule has 3 heterocycles. The van der Waals surface area contributed by atoms with Gasteiger partial charge in [0.25, 0.3) is 0 Å². The quantitative estimate of drug-likeness (QED) is 0.512. The summed E-state index contributed by atoms with van der Waals surface area (Å²) in [4.78, 5) is 38.7. The first kappa shape index (κ1) is 18.4. The van der Waals surface area contributed by atoms with E-state index in [0.717, 1.165) is 0 Å². The lowest BCUT2D eigenvalue weighted by Crippen LogP contribution is -2.66. The van der Waals surface area contributed by atoms with Crippen LogP contribution in [0.1, 0.15) is 40.5 Å². The maximum Gasteiger partial charge on any atom is 0.309 e. The van der Waals surface area contributed by atoms with Gasteiger partial charge in [0, 0.05) is 12.0 Å². The van der Waals surface area contributed by atoms with Crippen LogP contribution in [0, 0.1) is 0 Å². The van der Waals surface area contributed by atoms with Crippen LogP contribution in [-0.4, -0.2) is 69.2 Å². The Bertz CT molecular complexity index is 996. The van der Waals surface area contributed by atoms with Crippen LogP contribution in [0.5, 0.6) is 5.75 Å². The van der Waals surface area contributed by atoms with Crippen molar-refractivity contribution in [2.24, 2.45) is 0 Å². The molecule has 29 heavy (non-hydrogen) atoms. The minimum atomic E-state index is -2.16. The third kappa shape index (κ3) is 2.32. The number of phenolic OH excluding ortho intramolecular Hbond substituents is 1. The van der Waals surface area contributed by atoms with Crippen LogP contribution in [-0.2, 0) is 19.0 Å². The zero-order chi connectivity index (χ0) is 20.7. The smallest absolute Gasteiger partial charge is 0.309 e. The van der Waals surface area contributed by atoms with Gasteiger partial charge in [-0.05, 0) is 13.0 Å². The molecule has 9 nitrogen and oxygen atoms in total. The molecule has 2 fully saturated rings. The molecule has 0 aromatic heterocycles. The van der Waals surface area contributed by atoms with Gasteiger partial charge < -0.3 is 29.5 Å². The van der Waals surface area contributed by atoms with Gasteiger partial charge in [0.1, 0.15) is 18.0 Å². The Balaban J connectivity index is 1.80. The molecule has 1 aromatic carbocycles. The van der Waals surface area contributed by atoms with Crippen LogP contribution < -0.4 is 0 Å². The molecular formula is C20H18O9. The van der Waals surface area contributed by atoms with Crippen molar-refractivity contribution in [1.82, 2.24) is 0 Å². The number of benzene rings is 1. The Morgan fingerprint density at radius 2 is 1.86 bits per heavy atom. The number of aliphatic hydroxyl groups excluding tert-OH is 2. The summed E-state index contributed by atoms with van der Waals surface area (Å²) < 4.78 is 17.1. The molecule has 0 radical (unpaired) electrons. The van der Waals surface area contributed by atoms with Gasteiger partial charge in [-0.15, -0.1) is 0 Å². The van der Waals surface area contributed by atoms with Gasteiger partial charge in [0.15, 0.2) is 17.7 Å². The number of hydrogen-bond donors (Lipinski definition) is 3. The van der Waals surface area contributed by atoms with Gasteiger partial charge in [0.05, 0.1) is 35.3 Å². The molecule has 3 aliphatic heterocycles. The monoisotopic (exact) mass is 402 g/mol. The minimum absolute atomic E-state index is 0.0357. The third-order valence-electron chi connectivity index (χ3n) is 5.88. The average Bonchev–Trinajstić information content (AvgIpc) is 3.02. The van der Waals surface area contributed by atoms with Gasteiger partial charge in [-0.2, -0.15) is 0 Å². The number of hydrogen-bond acceptors (Lipinski definition) is 9. The second-order valence-corrected chi connectivity index (χ2v) is 7.76. The Hall–Kier alpha value is -2.59. The van der Waals surface area contributed by atoms with Crippen LogP contribution in [0.3, 0.4) is 0 Å². The van der Waals surface area contributed by atoms with Gasteiger partial charge in [-0.1, -0.05) is 12.1 Å². The van der Waals surface area contributed by atoms with E-state index < -0.39 is 59.6 Å². The van der Waals surface area contributed by atoms with Crippen molar-refractivity contribution in [2.75, 3.05) is 0 Å². The number of carbonyl (C=O) groups is 3. The third-order valence-corrected chi connectivity index (χ3v) is 5.88. The summed E-state index contributed by atoms with van der Waals surface area (Å²) in [5.41, 5.74) is -0.766. The van der Waals surface area contributed by atoms with Crippen molar-refractivity contribution in [1.29, 1.82) is 0 Å². The molecule has 3 N–H and O–H groups in total. The Morgan fingerprint density at radius 1 is 1.10 bits per heavy atom. The lowest BCUT2D eigenvalue weighted by Gasteiger charge is -2.51. The number of rotatable bonds is 0. The van der Waals surface area contributed by atoms with Crippen LogP contribution in [0.2, 0.25) is 0 Å². The highest BCUT2D eigenvalue weighted by Crippen LogP contribution is 2.50. The van der Waals surface area contributed by atoms with Gasteiger partial charge in [-0.25, -0.2) is 0 Å². The van der Waals surface area contributed by atoms with Gasteiger partial charge >= 0.3 is 5.97 Å². The molecular weight excluding hydrogens is 384 g/mol. The van der Waals surface area contributed by atoms with Crippen molar-refractivity contribution in [3.05, 3.63) is 40.5 Å². The first-order valence-corrected chi connectivity index (χ1v) is 9.32. The summed E-state index contributed by atoms with van der Waals surface area (Å²) in [6.07, 6.45) is -5.82. The average molecular weight is 402 g/mol. The van der Waals surface area contributed by atoms with E-state index in [1.54, 1.807) is 6.92 Å². The molecule has 152 valence electrons. The number of carbonyl (C=O) groups excluding carboxylic acids is 3. The topological polar surface area (TPSA) is 140 Å². The summed E-state index contributed by atoms with van der Waals surface area (Å²) in [5.74, 6) is -4.60. The van der Waals surface area contributed by atoms with Crippen LogP contribution in [0.25, 0.3) is 0 Å². The zero-order valence-corrected chi connectivity index (χ0v) is 15.3. The molecule has 0 amide bonds. The van der Waals surface area contributed by atoms with E-state index in [1.165, 1.54) is 18.2 Å². The van der Waals surface area contributed by atoms with E-state index in [2.05, 4.69) is 0 Å². The Morgan fingerprint density at radius 3 is 2.62 bits per heavy atom. The van der Waals surface area contributed by atoms with E-state index in [-0.39, 0.29) is 35.1 Å². The molecule has 5 rings (SSSR count). The fourth-order valence-electron chi connectivity index (χ4n) is 4.70. The molecule has 9 heteroatoms. The summed E-state index contributed by atoms with van der Waals surface area (Å²) in [6, 6.07) is 4.08. The fourth-order valence-corrected chi connectivity index (χ4v) is 4.70. The number of phenols is 1. The van der Waals surface area contributed by atoms with Crippen molar-refractivity contribution in [2.45, 2.75) is 56.1 Å². The van der Waals surface area contributed by atoms with Gasteiger partial charge in [-0.3, -0.25) is 14.4 Å². The van der Waals surface area contributed by atoms with Crippen molar-refractivity contribution >= 4 is 17.5 Å². The summed E-state index contributed by atoms with van der Waals surface area (Å²) in [7, 11) is 0. The van der Waals surface area contributed by atoms with Crippen LogP contribution in [0.4, 0.5) is 0 Å². The Labute approximate surface area is 164 Å². The summed E-state index contributed by atoms with van der Waals surface area (Å²) in [6.45, 7) is 1.63. The zero-order valence-electron chi connectivity index (χ0n) is 15.3. The van der Waals surface area contributed by atoms with E-state index in [4.69, 9.17) is 14.2 Å². The first-order chi connectivity index (χ1) is 13.7. The maximum atomic E-state index is 13.5. The number of fused-ring (bicyclic) bond motifs is 4. The highest BCUT2D eigenvalue weighted by molar-refractivity contribution is 6.29. The molecule has 1 spiro atoms. The summed E-state index contributed by atoms with van der Waals surface area (Å²) >= 11 is 0. The van der Waals surface area contributed by atoms with Crippen molar-refractivity contribution < 1.29 is 43.9 Å². The largest absolute Gasteiger partial charge is 0.507 e. The number of esters is 1. The highest BCUT2D eigenvalue weighted by Gasteiger charge is 2.64. The van der Waals surface area contributed by atoms with Crippen molar-refractivity contribution in [3.63, 3.8) is 0 Å². The number of aromatic hydroxyl groups is 1. The SMILES string of the molecule is CC1CC(O)C(O)C2(O1)OC1CC(=O)OC1C1=C2C(=O)c2c(O)cccc2C1=O. The van der Waals surface area contributed by atoms with E-state index in [0.29, 0.717) is 0 Å². The highest BCUT2D eigenvalue weighted by atomic mass is 16.7. The minimum Gasteiger partial charge on any atom is -0.507 e. The first-order valence-electron chi connectivity index (χ1n) is 9.32. The van der Waals surface area contributed by atoms with E-state index >= 15 is 0 Å². The standard InChI is InChI=1S/C20H18O9/c1-7-5-10(22)19(26)20(28-7)15-14(18-11(29-20)6-12(23)27-18)16(24)8-3-2-4-9(21)13(8)17(15)25/h2-4,7,10-11,18-19,21-22,26H,5-6H2,1H3. The number of aliphatic hydroxyl groups is 2. The van der Waals surface area contributed by atoms with E-state index in [9.17, 15) is 29.7 Å². The molecule has 0 saturated carbocycles.